The average molecular weight is 259 g/mol. The Morgan fingerprint density at radius 1 is 1.31 bits per heavy atom. The van der Waals surface area contributed by atoms with Gasteiger partial charge in [0, 0.05) is 13.5 Å². The van der Waals surface area contributed by atoms with Gasteiger partial charge in [0.15, 0.2) is 22.4 Å². The Balaban J connectivity index is 2.87. The molecular formula is C9H8Cl2N4O. The smallest absolute Gasteiger partial charge is 0.225 e. The molecule has 0 aromatic carbocycles. The zero-order valence-electron chi connectivity index (χ0n) is 8.66. The van der Waals surface area contributed by atoms with E-state index in [-0.39, 0.29) is 16.2 Å². The van der Waals surface area contributed by atoms with E-state index in [1.165, 1.54) is 6.92 Å². The lowest BCUT2D eigenvalue weighted by molar-refractivity contribution is 0.1000. The van der Waals surface area contributed by atoms with Gasteiger partial charge in [0.05, 0.1) is 0 Å². The third kappa shape index (κ3) is 1.66. The molecule has 0 radical (unpaired) electrons. The predicted octanol–water partition coefficient (Wildman–Crippen LogP) is 2.36. The topological polar surface area (TPSA) is 60.7 Å². The van der Waals surface area contributed by atoms with Crippen LogP contribution in [0, 0.1) is 0 Å². The Morgan fingerprint density at radius 2 is 2.00 bits per heavy atom. The van der Waals surface area contributed by atoms with E-state index in [1.807, 2.05) is 6.92 Å². The Hall–Kier alpha value is -1.20. The fourth-order valence-corrected chi connectivity index (χ4v) is 1.93. The van der Waals surface area contributed by atoms with Crippen LogP contribution in [0.1, 0.15) is 24.5 Å². The van der Waals surface area contributed by atoms with Crippen LogP contribution in [0.4, 0.5) is 0 Å². The molecule has 0 saturated carbocycles. The second kappa shape index (κ2) is 3.99. The highest BCUT2D eigenvalue weighted by Crippen LogP contribution is 2.22. The van der Waals surface area contributed by atoms with Gasteiger partial charge in [-0.15, -0.1) is 0 Å². The summed E-state index contributed by atoms with van der Waals surface area (Å²) in [7, 11) is 0. The second-order valence-corrected chi connectivity index (χ2v) is 3.89. The summed E-state index contributed by atoms with van der Waals surface area (Å²) < 4.78 is 1.66. The maximum Gasteiger partial charge on any atom is 0.225 e. The lowest BCUT2D eigenvalue weighted by Crippen LogP contribution is -2.06. The van der Waals surface area contributed by atoms with Crippen LogP contribution in [0.5, 0.6) is 0 Å². The van der Waals surface area contributed by atoms with E-state index in [9.17, 15) is 4.79 Å². The maximum atomic E-state index is 11.4. The van der Waals surface area contributed by atoms with Crippen LogP contribution in [0.25, 0.3) is 11.2 Å². The number of halogens is 2. The molecule has 2 aromatic rings. The first-order valence-corrected chi connectivity index (χ1v) is 5.40. The first-order chi connectivity index (χ1) is 7.54. The minimum absolute atomic E-state index is 0.0437. The lowest BCUT2D eigenvalue weighted by atomic mass is 10.4. The number of Topliss-reactive ketones (excluding diaryl/α,β-unsaturated/α-hetero) is 1. The molecule has 0 aliphatic heterocycles. The number of aryl methyl sites for hydroxylation is 1. The third-order valence-corrected chi connectivity index (χ3v) is 2.59. The number of carbonyl (C=O) groups is 1. The van der Waals surface area contributed by atoms with E-state index in [4.69, 9.17) is 23.2 Å². The van der Waals surface area contributed by atoms with E-state index in [0.717, 1.165) is 0 Å². The first kappa shape index (κ1) is 11.3. The van der Waals surface area contributed by atoms with Crippen molar-refractivity contribution in [1.29, 1.82) is 0 Å². The molecule has 0 aliphatic rings. The van der Waals surface area contributed by atoms with Gasteiger partial charge in [-0.1, -0.05) is 11.6 Å². The van der Waals surface area contributed by atoms with Gasteiger partial charge in [0.25, 0.3) is 0 Å². The number of rotatable bonds is 2. The molecule has 0 fully saturated rings. The minimum Gasteiger partial charge on any atom is -0.306 e. The van der Waals surface area contributed by atoms with Crippen LogP contribution >= 0.6 is 23.2 Å². The molecule has 0 aliphatic carbocycles. The van der Waals surface area contributed by atoms with Gasteiger partial charge in [-0.25, -0.2) is 9.97 Å². The van der Waals surface area contributed by atoms with Crippen LogP contribution in [-0.4, -0.2) is 25.3 Å². The molecule has 0 unspecified atom stereocenters. The highest BCUT2D eigenvalue weighted by atomic mass is 35.5. The number of hydrogen-bond donors (Lipinski definition) is 0. The van der Waals surface area contributed by atoms with Crippen LogP contribution in [-0.2, 0) is 6.54 Å². The lowest BCUT2D eigenvalue weighted by Gasteiger charge is -2.01. The highest BCUT2D eigenvalue weighted by molar-refractivity contribution is 6.35. The molecule has 0 spiro atoms. The first-order valence-electron chi connectivity index (χ1n) is 4.64. The van der Waals surface area contributed by atoms with Crippen molar-refractivity contribution in [3.63, 3.8) is 0 Å². The van der Waals surface area contributed by atoms with Gasteiger partial charge in [-0.3, -0.25) is 4.79 Å². The largest absolute Gasteiger partial charge is 0.306 e. The number of imidazole rings is 1. The van der Waals surface area contributed by atoms with Gasteiger partial charge in [0.2, 0.25) is 5.28 Å². The number of aromatic nitrogens is 4. The zero-order chi connectivity index (χ0) is 11.9. The van der Waals surface area contributed by atoms with E-state index in [1.54, 1.807) is 4.57 Å². The standard InChI is InChI=1S/C9H8Cl2N4O/c1-3-15-7(4(2)16)12-5-6(10)13-9(11)14-8(5)15/h3H2,1-2H3. The van der Waals surface area contributed by atoms with Gasteiger partial charge in [-0.05, 0) is 18.5 Å². The van der Waals surface area contributed by atoms with Crippen molar-refractivity contribution in [2.75, 3.05) is 0 Å². The molecule has 0 amide bonds. The Labute approximate surface area is 101 Å². The van der Waals surface area contributed by atoms with Crippen molar-refractivity contribution < 1.29 is 4.79 Å². The van der Waals surface area contributed by atoms with E-state index in [2.05, 4.69) is 15.0 Å². The van der Waals surface area contributed by atoms with Crippen LogP contribution in [0.2, 0.25) is 10.4 Å². The summed E-state index contributed by atoms with van der Waals surface area (Å²) in [6, 6.07) is 0. The van der Waals surface area contributed by atoms with Crippen molar-refractivity contribution in [1.82, 2.24) is 19.5 Å². The Morgan fingerprint density at radius 3 is 2.56 bits per heavy atom. The molecule has 2 aromatic heterocycles. The summed E-state index contributed by atoms with van der Waals surface area (Å²) in [6.07, 6.45) is 0. The normalized spacial score (nSPS) is 11.0. The fraction of sp³-hybridized carbons (Fsp3) is 0.333. The van der Waals surface area contributed by atoms with Crippen molar-refractivity contribution >= 4 is 40.1 Å². The van der Waals surface area contributed by atoms with Crippen molar-refractivity contribution in [2.45, 2.75) is 20.4 Å². The summed E-state index contributed by atoms with van der Waals surface area (Å²) in [5.41, 5.74) is 0.885. The number of hydrogen-bond acceptors (Lipinski definition) is 4. The molecule has 0 bridgehead atoms. The molecule has 0 atom stereocenters. The maximum absolute atomic E-state index is 11.4. The number of ketones is 1. The molecule has 0 N–H and O–H groups in total. The van der Waals surface area contributed by atoms with E-state index in [0.29, 0.717) is 23.5 Å². The van der Waals surface area contributed by atoms with E-state index < -0.39 is 0 Å². The number of fused-ring (bicyclic) bond motifs is 1. The average Bonchev–Trinajstić information content (AvgIpc) is 2.56. The number of carbonyl (C=O) groups excluding carboxylic acids is 1. The van der Waals surface area contributed by atoms with Gasteiger partial charge < -0.3 is 4.57 Å². The predicted molar refractivity (Wildman–Crippen MR) is 61.0 cm³/mol. The molecule has 84 valence electrons. The Bertz CT molecular complexity index is 578. The molecule has 7 heteroatoms. The summed E-state index contributed by atoms with van der Waals surface area (Å²) in [5.74, 6) is 0.169. The van der Waals surface area contributed by atoms with Crippen LogP contribution < -0.4 is 0 Å². The molecule has 2 heterocycles. The summed E-state index contributed by atoms with van der Waals surface area (Å²) in [4.78, 5) is 23.3. The highest BCUT2D eigenvalue weighted by Gasteiger charge is 2.17. The fourth-order valence-electron chi connectivity index (χ4n) is 1.51. The summed E-state index contributed by atoms with van der Waals surface area (Å²) in [6.45, 7) is 3.89. The molecule has 2 rings (SSSR count). The SMILES string of the molecule is CCn1c(C(C)=O)nc2c(Cl)nc(Cl)nc21. The van der Waals surface area contributed by atoms with Gasteiger partial charge in [0.1, 0.15) is 5.52 Å². The van der Waals surface area contributed by atoms with E-state index >= 15 is 0 Å². The minimum atomic E-state index is -0.146. The summed E-state index contributed by atoms with van der Waals surface area (Å²) in [5, 5.41) is 0.201. The van der Waals surface area contributed by atoms with Crippen molar-refractivity contribution in [2.24, 2.45) is 0 Å². The molecular weight excluding hydrogens is 251 g/mol. The van der Waals surface area contributed by atoms with Crippen LogP contribution in [0.15, 0.2) is 0 Å². The monoisotopic (exact) mass is 258 g/mol. The zero-order valence-corrected chi connectivity index (χ0v) is 10.2. The molecule has 5 nitrogen and oxygen atoms in total. The van der Waals surface area contributed by atoms with Crippen LogP contribution in [0.3, 0.4) is 0 Å². The quantitative estimate of drug-likeness (QED) is 0.472. The van der Waals surface area contributed by atoms with Crippen molar-refractivity contribution in [3.8, 4) is 0 Å². The van der Waals surface area contributed by atoms with Crippen molar-refractivity contribution in [3.05, 3.63) is 16.3 Å². The Kier molecular flexibility index (Phi) is 2.82. The van der Waals surface area contributed by atoms with Gasteiger partial charge >= 0.3 is 0 Å². The summed E-state index contributed by atoms with van der Waals surface area (Å²) >= 11 is 11.6. The third-order valence-electron chi connectivity index (χ3n) is 2.16. The molecule has 0 saturated heterocycles. The molecule has 16 heavy (non-hydrogen) atoms. The number of nitrogens with zero attached hydrogens (tertiary/aromatic N) is 4. The second-order valence-electron chi connectivity index (χ2n) is 3.19. The van der Waals surface area contributed by atoms with Gasteiger partial charge in [-0.2, -0.15) is 4.98 Å².